The van der Waals surface area contributed by atoms with Crippen molar-refractivity contribution in [3.63, 3.8) is 0 Å². The van der Waals surface area contributed by atoms with E-state index in [1.54, 1.807) is 30.3 Å². The van der Waals surface area contributed by atoms with Crippen LogP contribution in [-0.4, -0.2) is 45.4 Å². The van der Waals surface area contributed by atoms with Crippen LogP contribution in [0.15, 0.2) is 60.0 Å². The van der Waals surface area contributed by atoms with E-state index >= 15 is 0 Å². The smallest absolute Gasteiger partial charge is 0.255 e. The summed E-state index contributed by atoms with van der Waals surface area (Å²) >= 11 is 0. The Bertz CT molecular complexity index is 985. The summed E-state index contributed by atoms with van der Waals surface area (Å²) in [5.41, 5.74) is 0.975. The Morgan fingerprint density at radius 1 is 1.20 bits per heavy atom. The van der Waals surface area contributed by atoms with Crippen molar-refractivity contribution in [1.29, 1.82) is 0 Å². The first-order chi connectivity index (χ1) is 14.2. The summed E-state index contributed by atoms with van der Waals surface area (Å²) in [6.07, 6.45) is 1.65. The second-order valence-corrected chi connectivity index (χ2v) is 9.04. The Morgan fingerprint density at radius 3 is 2.43 bits per heavy atom. The van der Waals surface area contributed by atoms with Crippen molar-refractivity contribution >= 4 is 15.9 Å². The van der Waals surface area contributed by atoms with Gasteiger partial charge in [-0.2, -0.15) is 4.31 Å². The molecule has 0 radical (unpaired) electrons. The molecule has 0 saturated heterocycles. The van der Waals surface area contributed by atoms with E-state index in [1.165, 1.54) is 36.7 Å². The quantitative estimate of drug-likeness (QED) is 0.583. The van der Waals surface area contributed by atoms with Crippen molar-refractivity contribution in [2.75, 3.05) is 20.8 Å². The number of nitrogens with zero attached hydrogens (tertiary/aromatic N) is 1. The van der Waals surface area contributed by atoms with Gasteiger partial charge in [-0.15, -0.1) is 0 Å². The lowest BCUT2D eigenvalue weighted by Gasteiger charge is -2.19. The Balaban J connectivity index is 2.24. The van der Waals surface area contributed by atoms with Gasteiger partial charge in [0, 0.05) is 19.6 Å². The number of ether oxygens (including phenoxy) is 2. The summed E-state index contributed by atoms with van der Waals surface area (Å²) in [6, 6.07) is 11.3. The van der Waals surface area contributed by atoms with Crippen LogP contribution in [0.5, 0.6) is 11.5 Å². The van der Waals surface area contributed by atoms with Gasteiger partial charge < -0.3 is 14.8 Å². The minimum atomic E-state index is -3.82. The number of rotatable bonds is 10. The minimum absolute atomic E-state index is 0.0191. The standard InChI is InChI=1S/C22H28N2O5S/c1-6-13-29-18-9-7-17(8-10-18)15-24(4)30(26,27)19-11-12-21(28-5)20(14-19)22(25)23-16(2)3/h6-12,14,16H,1,13,15H2,2-5H3,(H,23,25). The molecule has 0 spiro atoms. The molecule has 0 aliphatic rings. The molecule has 1 N–H and O–H groups in total. The SMILES string of the molecule is C=CCOc1ccc(CN(C)S(=O)(=O)c2ccc(OC)c(C(=O)NC(C)C)c2)cc1. The molecule has 2 aromatic rings. The third-order valence-corrected chi connectivity index (χ3v) is 6.04. The highest BCUT2D eigenvalue weighted by molar-refractivity contribution is 7.89. The average molecular weight is 433 g/mol. The fourth-order valence-electron chi connectivity index (χ4n) is 2.73. The molecule has 2 rings (SSSR count). The van der Waals surface area contributed by atoms with Gasteiger partial charge in [-0.05, 0) is 49.7 Å². The van der Waals surface area contributed by atoms with E-state index in [2.05, 4.69) is 11.9 Å². The summed E-state index contributed by atoms with van der Waals surface area (Å²) in [5, 5.41) is 2.76. The Morgan fingerprint density at radius 2 is 1.87 bits per heavy atom. The van der Waals surface area contributed by atoms with Crippen LogP contribution in [0.3, 0.4) is 0 Å². The molecule has 0 heterocycles. The van der Waals surface area contributed by atoms with Crippen LogP contribution in [-0.2, 0) is 16.6 Å². The average Bonchev–Trinajstić information content (AvgIpc) is 2.72. The van der Waals surface area contributed by atoms with Crippen LogP contribution < -0.4 is 14.8 Å². The van der Waals surface area contributed by atoms with E-state index in [4.69, 9.17) is 9.47 Å². The van der Waals surface area contributed by atoms with Crippen LogP contribution in [0.1, 0.15) is 29.8 Å². The zero-order valence-corrected chi connectivity index (χ0v) is 18.5. The second kappa shape index (κ2) is 10.3. The molecule has 30 heavy (non-hydrogen) atoms. The number of amides is 1. The molecule has 7 nitrogen and oxygen atoms in total. The number of sulfonamides is 1. The van der Waals surface area contributed by atoms with Crippen LogP contribution in [0.25, 0.3) is 0 Å². The lowest BCUT2D eigenvalue weighted by molar-refractivity contribution is 0.0940. The summed E-state index contributed by atoms with van der Waals surface area (Å²) in [4.78, 5) is 12.5. The molecule has 0 aliphatic carbocycles. The largest absolute Gasteiger partial charge is 0.496 e. The molecule has 0 atom stereocenters. The zero-order chi connectivity index (χ0) is 22.3. The van der Waals surface area contributed by atoms with Crippen LogP contribution in [0.4, 0.5) is 0 Å². The van der Waals surface area contributed by atoms with Gasteiger partial charge in [-0.3, -0.25) is 4.79 Å². The van der Waals surface area contributed by atoms with Crippen molar-refractivity contribution in [3.8, 4) is 11.5 Å². The van der Waals surface area contributed by atoms with Gasteiger partial charge >= 0.3 is 0 Å². The number of methoxy groups -OCH3 is 1. The number of hydrogen-bond acceptors (Lipinski definition) is 5. The molecule has 0 aromatic heterocycles. The molecular weight excluding hydrogens is 404 g/mol. The first-order valence-corrected chi connectivity index (χ1v) is 10.9. The molecular formula is C22H28N2O5S. The lowest BCUT2D eigenvalue weighted by Crippen LogP contribution is -2.31. The minimum Gasteiger partial charge on any atom is -0.496 e. The molecule has 0 fully saturated rings. The van der Waals surface area contributed by atoms with Gasteiger partial charge in [0.05, 0.1) is 17.6 Å². The van der Waals surface area contributed by atoms with Gasteiger partial charge in [-0.1, -0.05) is 24.8 Å². The Labute approximate surface area is 178 Å². The van der Waals surface area contributed by atoms with E-state index in [-0.39, 0.29) is 23.0 Å². The highest BCUT2D eigenvalue weighted by Gasteiger charge is 2.24. The van der Waals surface area contributed by atoms with Crippen LogP contribution in [0.2, 0.25) is 0 Å². The molecule has 8 heteroatoms. The third kappa shape index (κ3) is 5.84. The van der Waals surface area contributed by atoms with E-state index in [0.717, 1.165) is 5.56 Å². The Hall–Kier alpha value is -2.84. The third-order valence-electron chi connectivity index (χ3n) is 4.24. The van der Waals surface area contributed by atoms with Crippen LogP contribution >= 0.6 is 0 Å². The number of nitrogens with one attached hydrogen (secondary N) is 1. The molecule has 0 aliphatic heterocycles. The van der Waals surface area contributed by atoms with E-state index in [0.29, 0.717) is 18.1 Å². The van der Waals surface area contributed by atoms with Crippen molar-refractivity contribution in [2.24, 2.45) is 0 Å². The van der Waals surface area contributed by atoms with E-state index in [1.807, 2.05) is 13.8 Å². The predicted molar refractivity (Wildman–Crippen MR) is 116 cm³/mol. The molecule has 1 amide bonds. The topological polar surface area (TPSA) is 84.9 Å². The van der Waals surface area contributed by atoms with Crippen molar-refractivity contribution < 1.29 is 22.7 Å². The van der Waals surface area contributed by atoms with Gasteiger partial charge in [0.15, 0.2) is 0 Å². The highest BCUT2D eigenvalue weighted by Crippen LogP contribution is 2.25. The van der Waals surface area contributed by atoms with Gasteiger partial charge in [0.2, 0.25) is 10.0 Å². The number of carbonyl (C=O) groups is 1. The zero-order valence-electron chi connectivity index (χ0n) is 17.7. The maximum absolute atomic E-state index is 13.1. The predicted octanol–water partition coefficient (Wildman–Crippen LogP) is 3.22. The fraction of sp³-hybridized carbons (Fsp3) is 0.318. The molecule has 0 saturated carbocycles. The maximum atomic E-state index is 13.1. The first-order valence-electron chi connectivity index (χ1n) is 9.47. The van der Waals surface area contributed by atoms with Crippen molar-refractivity contribution in [3.05, 3.63) is 66.2 Å². The maximum Gasteiger partial charge on any atom is 0.255 e. The summed E-state index contributed by atoms with van der Waals surface area (Å²) in [6.45, 7) is 7.82. The molecule has 2 aromatic carbocycles. The van der Waals surface area contributed by atoms with Crippen LogP contribution in [0, 0.1) is 0 Å². The second-order valence-electron chi connectivity index (χ2n) is 6.99. The molecule has 0 bridgehead atoms. The molecule has 0 unspecified atom stereocenters. The number of hydrogen-bond donors (Lipinski definition) is 1. The summed E-state index contributed by atoms with van der Waals surface area (Å²) in [7, 11) is -0.887. The van der Waals surface area contributed by atoms with Gasteiger partial charge in [0.25, 0.3) is 5.91 Å². The van der Waals surface area contributed by atoms with Crippen molar-refractivity contribution in [1.82, 2.24) is 9.62 Å². The highest BCUT2D eigenvalue weighted by atomic mass is 32.2. The number of carbonyl (C=O) groups excluding carboxylic acids is 1. The fourth-order valence-corrected chi connectivity index (χ4v) is 3.92. The Kier molecular flexibility index (Phi) is 8.02. The van der Waals surface area contributed by atoms with E-state index < -0.39 is 15.9 Å². The molecule has 162 valence electrons. The van der Waals surface area contributed by atoms with Crippen molar-refractivity contribution in [2.45, 2.75) is 31.3 Å². The normalized spacial score (nSPS) is 11.4. The van der Waals surface area contributed by atoms with E-state index in [9.17, 15) is 13.2 Å². The summed E-state index contributed by atoms with van der Waals surface area (Å²) in [5.74, 6) is 0.599. The number of benzene rings is 2. The van der Waals surface area contributed by atoms with Gasteiger partial charge in [-0.25, -0.2) is 8.42 Å². The van der Waals surface area contributed by atoms with Gasteiger partial charge in [0.1, 0.15) is 18.1 Å². The first kappa shape index (κ1) is 23.4. The lowest BCUT2D eigenvalue weighted by atomic mass is 10.2. The summed E-state index contributed by atoms with van der Waals surface area (Å²) < 4.78 is 38.0. The monoisotopic (exact) mass is 432 g/mol.